The number of carboxylic acids is 1. The Balaban J connectivity index is 1.73. The highest BCUT2D eigenvalue weighted by Gasteiger charge is 2.23. The molecular weight excluding hydrogens is 332 g/mol. The van der Waals surface area contributed by atoms with Gasteiger partial charge in [0.05, 0.1) is 12.1 Å². The summed E-state index contributed by atoms with van der Waals surface area (Å²) in [5, 5.41) is 12.4. The van der Waals surface area contributed by atoms with Crippen LogP contribution in [0.1, 0.15) is 23.5 Å². The summed E-state index contributed by atoms with van der Waals surface area (Å²) >= 11 is 1.23. The van der Waals surface area contributed by atoms with Crippen LogP contribution in [-0.4, -0.2) is 34.8 Å². The van der Waals surface area contributed by atoms with Crippen LogP contribution < -0.4 is 14.8 Å². The second-order valence-corrected chi connectivity index (χ2v) is 6.52. The van der Waals surface area contributed by atoms with E-state index in [-0.39, 0.29) is 12.7 Å². The van der Waals surface area contributed by atoms with Gasteiger partial charge in [-0.1, -0.05) is 0 Å². The number of amides is 1. The summed E-state index contributed by atoms with van der Waals surface area (Å²) in [7, 11) is 0. The van der Waals surface area contributed by atoms with E-state index in [1.807, 2.05) is 12.1 Å². The van der Waals surface area contributed by atoms with Crippen LogP contribution in [0.5, 0.6) is 11.5 Å². The lowest BCUT2D eigenvalue weighted by Gasteiger charge is -2.16. The highest BCUT2D eigenvalue weighted by atomic mass is 32.1. The third kappa shape index (κ3) is 3.18. The molecule has 0 bridgehead atoms. The van der Waals surface area contributed by atoms with Gasteiger partial charge in [-0.25, -0.2) is 4.98 Å². The van der Waals surface area contributed by atoms with Crippen molar-refractivity contribution < 1.29 is 24.2 Å². The molecule has 2 heterocycles. The van der Waals surface area contributed by atoms with Crippen LogP contribution in [0.3, 0.4) is 0 Å². The summed E-state index contributed by atoms with van der Waals surface area (Å²) in [6.07, 6.45) is 1.48. The Bertz CT molecular complexity index is 789. The van der Waals surface area contributed by atoms with Crippen LogP contribution in [0.25, 0.3) is 10.6 Å². The van der Waals surface area contributed by atoms with Gasteiger partial charge in [0.2, 0.25) is 6.79 Å². The van der Waals surface area contributed by atoms with E-state index in [9.17, 15) is 9.59 Å². The average Bonchev–Trinajstić information content (AvgIpc) is 3.22. The van der Waals surface area contributed by atoms with Crippen molar-refractivity contribution in [2.75, 3.05) is 6.79 Å². The Hall–Kier alpha value is -2.61. The number of carboxylic acid groups (broad SMARTS) is 1. The molecule has 0 aliphatic carbocycles. The largest absolute Gasteiger partial charge is 0.481 e. The van der Waals surface area contributed by atoms with Gasteiger partial charge in [-0.05, 0) is 32.0 Å². The lowest BCUT2D eigenvalue weighted by molar-refractivity contribution is -0.141. The zero-order valence-corrected chi connectivity index (χ0v) is 13.9. The molecule has 2 unspecified atom stereocenters. The predicted octanol–water partition coefficient (Wildman–Crippen LogP) is 2.38. The normalized spacial score (nSPS) is 14.9. The van der Waals surface area contributed by atoms with Crippen LogP contribution in [0.15, 0.2) is 24.4 Å². The lowest BCUT2D eigenvalue weighted by atomic mass is 10.0. The average molecular weight is 348 g/mol. The minimum Gasteiger partial charge on any atom is -0.481 e. The van der Waals surface area contributed by atoms with Gasteiger partial charge < -0.3 is 19.9 Å². The molecule has 2 atom stereocenters. The number of hydrogen-bond acceptors (Lipinski definition) is 6. The summed E-state index contributed by atoms with van der Waals surface area (Å²) < 4.78 is 10.6. The smallest absolute Gasteiger partial charge is 0.308 e. The maximum absolute atomic E-state index is 12.2. The predicted molar refractivity (Wildman–Crippen MR) is 87.4 cm³/mol. The van der Waals surface area contributed by atoms with Crippen LogP contribution in [-0.2, 0) is 4.79 Å². The van der Waals surface area contributed by atoms with Gasteiger partial charge in [0.1, 0.15) is 9.88 Å². The molecule has 0 spiro atoms. The maximum Gasteiger partial charge on any atom is 0.308 e. The lowest BCUT2D eigenvalue weighted by Crippen LogP contribution is -2.39. The Morgan fingerprint density at radius 3 is 2.79 bits per heavy atom. The molecule has 0 saturated carbocycles. The van der Waals surface area contributed by atoms with Crippen LogP contribution >= 0.6 is 11.3 Å². The third-order valence-corrected chi connectivity index (χ3v) is 4.89. The standard InChI is InChI=1S/C16H16N2O5S/c1-8(16(20)21)9(2)18-14(19)13-6-17-15(24-13)10-3-4-11-12(5-10)23-7-22-11/h3-6,8-9H,7H2,1-2H3,(H,18,19)(H,20,21). The van der Waals surface area contributed by atoms with Gasteiger partial charge in [-0.15, -0.1) is 11.3 Å². The highest BCUT2D eigenvalue weighted by molar-refractivity contribution is 7.16. The van der Waals surface area contributed by atoms with Gasteiger partial charge in [-0.3, -0.25) is 9.59 Å². The number of benzene rings is 1. The van der Waals surface area contributed by atoms with Crippen molar-refractivity contribution in [2.45, 2.75) is 19.9 Å². The van der Waals surface area contributed by atoms with E-state index in [1.165, 1.54) is 17.5 Å². The van der Waals surface area contributed by atoms with Gasteiger partial charge in [0.15, 0.2) is 11.5 Å². The number of aromatic nitrogens is 1. The Kier molecular flexibility index (Phi) is 4.39. The molecule has 8 heteroatoms. The quantitative estimate of drug-likeness (QED) is 0.861. The first kappa shape index (κ1) is 16.3. The van der Waals surface area contributed by atoms with Crippen molar-refractivity contribution in [3.05, 3.63) is 29.3 Å². The van der Waals surface area contributed by atoms with E-state index >= 15 is 0 Å². The molecule has 1 aromatic heterocycles. The Labute approximate surface area is 142 Å². The number of ether oxygens (including phenoxy) is 2. The summed E-state index contributed by atoms with van der Waals surface area (Å²) in [5.74, 6) is -0.620. The number of carbonyl (C=O) groups excluding carboxylic acids is 1. The molecule has 3 rings (SSSR count). The number of aliphatic carboxylic acids is 1. The zero-order valence-electron chi connectivity index (χ0n) is 13.1. The van der Waals surface area contributed by atoms with Crippen molar-refractivity contribution in [1.29, 1.82) is 0 Å². The minimum atomic E-state index is -0.951. The number of thiazole rings is 1. The summed E-state index contributed by atoms with van der Waals surface area (Å²) in [6.45, 7) is 3.42. The summed E-state index contributed by atoms with van der Waals surface area (Å²) in [4.78, 5) is 27.9. The van der Waals surface area contributed by atoms with E-state index in [0.717, 1.165) is 5.56 Å². The van der Waals surface area contributed by atoms with Gasteiger partial charge >= 0.3 is 5.97 Å². The third-order valence-electron chi connectivity index (χ3n) is 3.85. The SMILES string of the molecule is CC(NC(=O)c1cnc(-c2ccc3c(c2)OCO3)s1)C(C)C(=O)O. The molecule has 0 radical (unpaired) electrons. The molecule has 0 saturated heterocycles. The second kappa shape index (κ2) is 6.48. The molecular formula is C16H16N2O5S. The number of carbonyl (C=O) groups is 2. The van der Waals surface area contributed by atoms with Gasteiger partial charge in [0, 0.05) is 11.6 Å². The number of fused-ring (bicyclic) bond motifs is 1. The zero-order chi connectivity index (χ0) is 17.3. The molecule has 0 fully saturated rings. The Morgan fingerprint density at radius 2 is 2.04 bits per heavy atom. The Morgan fingerprint density at radius 1 is 1.29 bits per heavy atom. The fraction of sp³-hybridized carbons (Fsp3) is 0.312. The highest BCUT2D eigenvalue weighted by Crippen LogP contribution is 2.36. The topological polar surface area (TPSA) is 97.8 Å². The minimum absolute atomic E-state index is 0.198. The van der Waals surface area contributed by atoms with Crippen molar-refractivity contribution >= 4 is 23.2 Å². The van der Waals surface area contributed by atoms with Crippen molar-refractivity contribution in [3.63, 3.8) is 0 Å². The number of nitrogens with zero attached hydrogens (tertiary/aromatic N) is 1. The molecule has 24 heavy (non-hydrogen) atoms. The molecule has 126 valence electrons. The second-order valence-electron chi connectivity index (χ2n) is 5.49. The van der Waals surface area contributed by atoms with Gasteiger partial charge in [-0.2, -0.15) is 0 Å². The number of hydrogen-bond donors (Lipinski definition) is 2. The first-order valence-corrected chi connectivity index (χ1v) is 8.17. The summed E-state index contributed by atoms with van der Waals surface area (Å²) in [6, 6.07) is 4.99. The monoisotopic (exact) mass is 348 g/mol. The molecule has 1 amide bonds. The molecule has 2 aromatic rings. The maximum atomic E-state index is 12.2. The fourth-order valence-electron chi connectivity index (χ4n) is 2.16. The van der Waals surface area contributed by atoms with E-state index in [2.05, 4.69) is 10.3 Å². The van der Waals surface area contributed by atoms with Crippen molar-refractivity contribution in [1.82, 2.24) is 10.3 Å². The van der Waals surface area contributed by atoms with Crippen molar-refractivity contribution in [2.24, 2.45) is 5.92 Å². The van der Waals surface area contributed by atoms with E-state index in [1.54, 1.807) is 19.9 Å². The molecule has 7 nitrogen and oxygen atoms in total. The fourth-order valence-corrected chi connectivity index (χ4v) is 2.97. The van der Waals surface area contributed by atoms with Crippen LogP contribution in [0, 0.1) is 5.92 Å². The molecule has 1 aromatic carbocycles. The van der Waals surface area contributed by atoms with Crippen LogP contribution in [0.2, 0.25) is 0 Å². The van der Waals surface area contributed by atoms with Crippen LogP contribution in [0.4, 0.5) is 0 Å². The van der Waals surface area contributed by atoms with E-state index < -0.39 is 17.9 Å². The van der Waals surface area contributed by atoms with E-state index in [4.69, 9.17) is 14.6 Å². The molecule has 2 N–H and O–H groups in total. The molecule has 1 aliphatic heterocycles. The van der Waals surface area contributed by atoms with E-state index in [0.29, 0.717) is 21.4 Å². The first-order chi connectivity index (χ1) is 11.5. The molecule has 1 aliphatic rings. The van der Waals surface area contributed by atoms with Crippen molar-refractivity contribution in [3.8, 4) is 22.1 Å². The number of nitrogens with one attached hydrogen (secondary N) is 1. The number of rotatable bonds is 5. The first-order valence-electron chi connectivity index (χ1n) is 7.35. The summed E-state index contributed by atoms with van der Waals surface area (Å²) in [5.41, 5.74) is 0.829. The van der Waals surface area contributed by atoms with Gasteiger partial charge in [0.25, 0.3) is 5.91 Å².